The van der Waals surface area contributed by atoms with Gasteiger partial charge in [0.25, 0.3) is 0 Å². The zero-order valence-electron chi connectivity index (χ0n) is 8.78. The third kappa shape index (κ3) is 1.10. The first kappa shape index (κ1) is 8.55. The van der Waals surface area contributed by atoms with Crippen LogP contribution in [0.2, 0.25) is 0 Å². The summed E-state index contributed by atoms with van der Waals surface area (Å²) in [6, 6.07) is 0. The molecule has 0 amide bonds. The molecule has 0 radical (unpaired) electrons. The van der Waals surface area contributed by atoms with Gasteiger partial charge < -0.3 is 5.32 Å². The molecule has 1 saturated heterocycles. The third-order valence-electron chi connectivity index (χ3n) is 4.12. The second kappa shape index (κ2) is 2.25. The smallest absolute Gasteiger partial charge is 0.0158 e. The molecule has 0 aromatic carbocycles. The summed E-state index contributed by atoms with van der Waals surface area (Å²) in [7, 11) is 0. The molecule has 1 nitrogen and oxygen atoms in total. The normalized spacial score (nSPS) is 43.0. The standard InChI is InChI=1S/C11H21N/c1-10(2)8-5-6-9(7-8)11(3,4)12-10/h8-9,12H,5-7H2,1-4H3. The van der Waals surface area contributed by atoms with Crippen molar-refractivity contribution >= 4 is 0 Å². The quantitative estimate of drug-likeness (QED) is 0.584. The number of hydrogen-bond acceptors (Lipinski definition) is 1. The number of hydrogen-bond donors (Lipinski definition) is 1. The van der Waals surface area contributed by atoms with Crippen LogP contribution in [-0.4, -0.2) is 11.1 Å². The van der Waals surface area contributed by atoms with Crippen molar-refractivity contribution in [1.29, 1.82) is 0 Å². The number of rotatable bonds is 0. The molecule has 2 unspecified atom stereocenters. The molecule has 2 aliphatic rings. The van der Waals surface area contributed by atoms with Crippen molar-refractivity contribution < 1.29 is 0 Å². The molecule has 1 aliphatic heterocycles. The molecule has 1 saturated carbocycles. The lowest BCUT2D eigenvalue weighted by atomic mass is 9.74. The monoisotopic (exact) mass is 167 g/mol. The summed E-state index contributed by atoms with van der Waals surface area (Å²) in [5.41, 5.74) is 0.743. The first-order chi connectivity index (χ1) is 5.42. The van der Waals surface area contributed by atoms with Crippen molar-refractivity contribution in [2.24, 2.45) is 11.8 Å². The summed E-state index contributed by atoms with van der Waals surface area (Å²) in [6.45, 7) is 9.45. The second-order valence-corrected chi connectivity index (χ2v) is 5.78. The minimum atomic E-state index is 0.372. The fourth-order valence-corrected chi connectivity index (χ4v) is 3.33. The van der Waals surface area contributed by atoms with Gasteiger partial charge in [0.05, 0.1) is 0 Å². The maximum absolute atomic E-state index is 3.79. The van der Waals surface area contributed by atoms with Gasteiger partial charge in [-0.1, -0.05) is 0 Å². The Bertz CT molecular complexity index is 173. The minimum absolute atomic E-state index is 0.372. The molecule has 2 bridgehead atoms. The van der Waals surface area contributed by atoms with Crippen molar-refractivity contribution in [3.63, 3.8) is 0 Å². The van der Waals surface area contributed by atoms with E-state index in [0.717, 1.165) is 11.8 Å². The second-order valence-electron chi connectivity index (χ2n) is 5.78. The Morgan fingerprint density at radius 3 is 1.75 bits per heavy atom. The Morgan fingerprint density at radius 1 is 0.917 bits per heavy atom. The van der Waals surface area contributed by atoms with E-state index in [1.807, 2.05) is 0 Å². The van der Waals surface area contributed by atoms with Gasteiger partial charge in [0.1, 0.15) is 0 Å². The first-order valence-electron chi connectivity index (χ1n) is 5.21. The summed E-state index contributed by atoms with van der Waals surface area (Å²) in [6.07, 6.45) is 4.33. The van der Waals surface area contributed by atoms with Crippen LogP contribution in [0.25, 0.3) is 0 Å². The van der Waals surface area contributed by atoms with E-state index in [1.165, 1.54) is 19.3 Å². The molecule has 1 heterocycles. The highest BCUT2D eigenvalue weighted by molar-refractivity contribution is 5.06. The number of piperidine rings is 1. The Hall–Kier alpha value is -0.0400. The number of nitrogens with one attached hydrogen (secondary N) is 1. The van der Waals surface area contributed by atoms with Crippen molar-refractivity contribution in [1.82, 2.24) is 5.32 Å². The summed E-state index contributed by atoms with van der Waals surface area (Å²) in [4.78, 5) is 0. The molecular formula is C11H21N. The molecule has 2 fully saturated rings. The van der Waals surface area contributed by atoms with Crippen molar-refractivity contribution in [2.75, 3.05) is 0 Å². The molecule has 70 valence electrons. The Balaban J connectivity index is 2.26. The van der Waals surface area contributed by atoms with Crippen LogP contribution < -0.4 is 5.32 Å². The lowest BCUT2D eigenvalue weighted by Crippen LogP contribution is -2.60. The average Bonchev–Trinajstić information content (AvgIpc) is 2.26. The van der Waals surface area contributed by atoms with E-state index in [9.17, 15) is 0 Å². The zero-order chi connectivity index (χ0) is 8.98. The highest BCUT2D eigenvalue weighted by Gasteiger charge is 2.48. The number of fused-ring (bicyclic) bond motifs is 2. The molecule has 12 heavy (non-hydrogen) atoms. The lowest BCUT2D eigenvalue weighted by Gasteiger charge is -2.47. The van der Waals surface area contributed by atoms with Gasteiger partial charge in [-0.15, -0.1) is 0 Å². The van der Waals surface area contributed by atoms with Crippen LogP contribution in [0, 0.1) is 11.8 Å². The highest BCUT2D eigenvalue weighted by atomic mass is 15.1. The van der Waals surface area contributed by atoms with Gasteiger partial charge in [-0.25, -0.2) is 0 Å². The Morgan fingerprint density at radius 2 is 1.33 bits per heavy atom. The van der Waals surface area contributed by atoms with Crippen LogP contribution in [0.4, 0.5) is 0 Å². The third-order valence-corrected chi connectivity index (χ3v) is 4.12. The van der Waals surface area contributed by atoms with Crippen LogP contribution in [0.5, 0.6) is 0 Å². The molecule has 0 spiro atoms. The van der Waals surface area contributed by atoms with Gasteiger partial charge >= 0.3 is 0 Å². The van der Waals surface area contributed by atoms with Crippen molar-refractivity contribution in [2.45, 2.75) is 58.0 Å². The predicted octanol–water partition coefficient (Wildman–Crippen LogP) is 2.56. The SMILES string of the molecule is CC1(C)NC(C)(C)C2CCC1C2. The summed E-state index contributed by atoms with van der Waals surface area (Å²) >= 11 is 0. The summed E-state index contributed by atoms with van der Waals surface area (Å²) < 4.78 is 0. The minimum Gasteiger partial charge on any atom is -0.306 e. The Labute approximate surface area is 75.9 Å². The topological polar surface area (TPSA) is 12.0 Å². The molecule has 1 heteroatoms. The molecule has 1 aliphatic carbocycles. The van der Waals surface area contributed by atoms with Crippen LogP contribution >= 0.6 is 0 Å². The van der Waals surface area contributed by atoms with Crippen LogP contribution in [-0.2, 0) is 0 Å². The van der Waals surface area contributed by atoms with Gasteiger partial charge in [-0.3, -0.25) is 0 Å². The molecule has 2 atom stereocenters. The van der Waals surface area contributed by atoms with E-state index >= 15 is 0 Å². The molecule has 2 rings (SSSR count). The van der Waals surface area contributed by atoms with Gasteiger partial charge in [0.2, 0.25) is 0 Å². The van der Waals surface area contributed by atoms with Crippen LogP contribution in [0.3, 0.4) is 0 Å². The van der Waals surface area contributed by atoms with Crippen molar-refractivity contribution in [3.8, 4) is 0 Å². The van der Waals surface area contributed by atoms with E-state index in [4.69, 9.17) is 0 Å². The molecule has 1 N–H and O–H groups in total. The van der Waals surface area contributed by atoms with E-state index in [2.05, 4.69) is 33.0 Å². The fraction of sp³-hybridized carbons (Fsp3) is 1.00. The molecule has 0 aromatic heterocycles. The van der Waals surface area contributed by atoms with E-state index in [0.29, 0.717) is 11.1 Å². The lowest BCUT2D eigenvalue weighted by molar-refractivity contribution is 0.104. The van der Waals surface area contributed by atoms with Gasteiger partial charge in [0.15, 0.2) is 0 Å². The molecular weight excluding hydrogens is 146 g/mol. The molecule has 0 aromatic rings. The van der Waals surface area contributed by atoms with Crippen molar-refractivity contribution in [3.05, 3.63) is 0 Å². The maximum Gasteiger partial charge on any atom is 0.0158 e. The zero-order valence-corrected chi connectivity index (χ0v) is 8.78. The summed E-state index contributed by atoms with van der Waals surface area (Å²) in [5.74, 6) is 1.85. The van der Waals surface area contributed by atoms with E-state index < -0.39 is 0 Å². The van der Waals surface area contributed by atoms with Crippen LogP contribution in [0.15, 0.2) is 0 Å². The van der Waals surface area contributed by atoms with Gasteiger partial charge in [-0.05, 0) is 58.8 Å². The first-order valence-corrected chi connectivity index (χ1v) is 5.21. The average molecular weight is 167 g/mol. The maximum atomic E-state index is 3.79. The van der Waals surface area contributed by atoms with Gasteiger partial charge in [-0.2, -0.15) is 0 Å². The largest absolute Gasteiger partial charge is 0.306 e. The highest BCUT2D eigenvalue weighted by Crippen LogP contribution is 2.47. The van der Waals surface area contributed by atoms with E-state index in [1.54, 1.807) is 0 Å². The Kier molecular flexibility index (Phi) is 1.61. The fourth-order valence-electron chi connectivity index (χ4n) is 3.33. The van der Waals surface area contributed by atoms with E-state index in [-0.39, 0.29) is 0 Å². The van der Waals surface area contributed by atoms with Crippen LogP contribution in [0.1, 0.15) is 47.0 Å². The summed E-state index contributed by atoms with van der Waals surface area (Å²) in [5, 5.41) is 3.79. The predicted molar refractivity (Wildman–Crippen MR) is 52.1 cm³/mol. The van der Waals surface area contributed by atoms with Gasteiger partial charge in [0, 0.05) is 11.1 Å².